The predicted octanol–water partition coefficient (Wildman–Crippen LogP) is 2.79. The SMILES string of the molecule is CN(C)C(=O)Nc1c(C(=O)O)ccc(Cl)c1Cl. The van der Waals surface area contributed by atoms with Crippen LogP contribution in [0.5, 0.6) is 0 Å². The Bertz CT molecular complexity index is 475. The fourth-order valence-electron chi connectivity index (χ4n) is 1.07. The van der Waals surface area contributed by atoms with Gasteiger partial charge in [0.2, 0.25) is 0 Å². The Balaban J connectivity index is 3.24. The van der Waals surface area contributed by atoms with E-state index in [2.05, 4.69) is 5.32 Å². The third-order valence-electron chi connectivity index (χ3n) is 1.96. The number of carboxylic acid groups (broad SMARTS) is 1. The number of anilines is 1. The third kappa shape index (κ3) is 3.01. The van der Waals surface area contributed by atoms with Crippen LogP contribution in [0, 0.1) is 0 Å². The monoisotopic (exact) mass is 276 g/mol. The van der Waals surface area contributed by atoms with E-state index in [0.717, 1.165) is 0 Å². The van der Waals surface area contributed by atoms with Gasteiger partial charge in [-0.2, -0.15) is 0 Å². The summed E-state index contributed by atoms with van der Waals surface area (Å²) < 4.78 is 0. The minimum Gasteiger partial charge on any atom is -0.478 e. The lowest BCUT2D eigenvalue weighted by molar-refractivity contribution is 0.0698. The number of benzene rings is 1. The standard InChI is InChI=1S/C10H10Cl2N2O3/c1-14(2)10(17)13-8-5(9(15)16)3-4-6(11)7(8)12/h3-4H,1-2H3,(H,13,17)(H,15,16). The van der Waals surface area contributed by atoms with E-state index in [-0.39, 0.29) is 21.3 Å². The Morgan fingerprint density at radius 1 is 1.29 bits per heavy atom. The molecule has 2 N–H and O–H groups in total. The highest BCUT2D eigenvalue weighted by molar-refractivity contribution is 6.44. The number of nitrogens with one attached hydrogen (secondary N) is 1. The molecular formula is C10H10Cl2N2O3. The van der Waals surface area contributed by atoms with Gasteiger partial charge < -0.3 is 15.3 Å². The van der Waals surface area contributed by atoms with Crippen molar-refractivity contribution in [1.29, 1.82) is 0 Å². The Morgan fingerprint density at radius 2 is 1.88 bits per heavy atom. The third-order valence-corrected chi connectivity index (χ3v) is 2.77. The molecule has 0 aliphatic carbocycles. The number of halogens is 2. The van der Waals surface area contributed by atoms with Crippen molar-refractivity contribution in [2.45, 2.75) is 0 Å². The van der Waals surface area contributed by atoms with E-state index in [1.807, 2.05) is 0 Å². The normalized spacial score (nSPS) is 9.88. The smallest absolute Gasteiger partial charge is 0.337 e. The molecule has 17 heavy (non-hydrogen) atoms. The Labute approximate surface area is 108 Å². The molecule has 5 nitrogen and oxygen atoms in total. The van der Waals surface area contributed by atoms with Crippen LogP contribution in [0.1, 0.15) is 10.4 Å². The molecule has 0 aliphatic heterocycles. The van der Waals surface area contributed by atoms with E-state index in [0.29, 0.717) is 0 Å². The number of hydrogen-bond donors (Lipinski definition) is 2. The Morgan fingerprint density at radius 3 is 2.35 bits per heavy atom. The molecule has 0 heterocycles. The fourth-order valence-corrected chi connectivity index (χ4v) is 1.44. The zero-order valence-electron chi connectivity index (χ0n) is 9.12. The van der Waals surface area contributed by atoms with Crippen LogP contribution in [0.3, 0.4) is 0 Å². The summed E-state index contributed by atoms with van der Waals surface area (Å²) in [4.78, 5) is 23.7. The van der Waals surface area contributed by atoms with Crippen molar-refractivity contribution in [1.82, 2.24) is 4.90 Å². The molecule has 7 heteroatoms. The van der Waals surface area contributed by atoms with Crippen LogP contribution < -0.4 is 5.32 Å². The molecule has 0 unspecified atom stereocenters. The van der Waals surface area contributed by atoms with Gasteiger partial charge in [-0.05, 0) is 12.1 Å². The molecule has 0 spiro atoms. The van der Waals surface area contributed by atoms with Gasteiger partial charge in [-0.3, -0.25) is 0 Å². The molecule has 1 aromatic carbocycles. The Hall–Kier alpha value is -1.46. The molecule has 0 aromatic heterocycles. The summed E-state index contributed by atoms with van der Waals surface area (Å²) in [5.41, 5.74) is -0.125. The predicted molar refractivity (Wildman–Crippen MR) is 66.1 cm³/mol. The van der Waals surface area contributed by atoms with E-state index in [1.165, 1.54) is 31.1 Å². The van der Waals surface area contributed by atoms with Gasteiger partial charge in [0.1, 0.15) is 0 Å². The maximum atomic E-state index is 11.5. The molecular weight excluding hydrogens is 267 g/mol. The second kappa shape index (κ2) is 5.25. The number of carboxylic acids is 1. The van der Waals surface area contributed by atoms with Crippen molar-refractivity contribution in [2.75, 3.05) is 19.4 Å². The van der Waals surface area contributed by atoms with Crippen LogP contribution in [-0.4, -0.2) is 36.1 Å². The van der Waals surface area contributed by atoms with E-state index >= 15 is 0 Å². The molecule has 0 fully saturated rings. The average molecular weight is 277 g/mol. The van der Waals surface area contributed by atoms with Gasteiger partial charge in [0, 0.05) is 14.1 Å². The van der Waals surface area contributed by atoms with Crippen LogP contribution in [0.2, 0.25) is 10.0 Å². The molecule has 1 aromatic rings. The van der Waals surface area contributed by atoms with Gasteiger partial charge in [0.15, 0.2) is 0 Å². The molecule has 1 rings (SSSR count). The minimum atomic E-state index is -1.20. The van der Waals surface area contributed by atoms with Crippen molar-refractivity contribution < 1.29 is 14.7 Å². The first-order valence-electron chi connectivity index (χ1n) is 4.54. The highest BCUT2D eigenvalue weighted by Gasteiger charge is 2.18. The van der Waals surface area contributed by atoms with Crippen molar-refractivity contribution in [2.24, 2.45) is 0 Å². The molecule has 0 aliphatic rings. The van der Waals surface area contributed by atoms with Crippen molar-refractivity contribution in [3.05, 3.63) is 27.7 Å². The lowest BCUT2D eigenvalue weighted by atomic mass is 10.2. The molecule has 0 radical (unpaired) electrons. The van der Waals surface area contributed by atoms with Gasteiger partial charge in [-0.15, -0.1) is 0 Å². The van der Waals surface area contributed by atoms with Gasteiger partial charge in [0.05, 0.1) is 21.3 Å². The first-order chi connectivity index (χ1) is 7.84. The van der Waals surface area contributed by atoms with E-state index in [9.17, 15) is 9.59 Å². The number of urea groups is 1. The summed E-state index contributed by atoms with van der Waals surface area (Å²) in [5.74, 6) is -1.20. The quantitative estimate of drug-likeness (QED) is 0.873. The van der Waals surface area contributed by atoms with Crippen LogP contribution in [0.25, 0.3) is 0 Å². The fraction of sp³-hybridized carbons (Fsp3) is 0.200. The lowest BCUT2D eigenvalue weighted by Gasteiger charge is -2.15. The number of hydrogen-bond acceptors (Lipinski definition) is 2. The van der Waals surface area contributed by atoms with Crippen molar-refractivity contribution in [3.8, 4) is 0 Å². The second-order valence-corrected chi connectivity index (χ2v) is 4.20. The summed E-state index contributed by atoms with van der Waals surface area (Å²) in [6.07, 6.45) is 0. The minimum absolute atomic E-state index is 0.00164. The Kier molecular flexibility index (Phi) is 4.20. The largest absolute Gasteiger partial charge is 0.478 e. The number of amides is 2. The molecule has 0 saturated carbocycles. The van der Waals surface area contributed by atoms with Crippen molar-refractivity contribution in [3.63, 3.8) is 0 Å². The van der Waals surface area contributed by atoms with Crippen LogP contribution in [-0.2, 0) is 0 Å². The number of nitrogens with zero attached hydrogens (tertiary/aromatic N) is 1. The summed E-state index contributed by atoms with van der Waals surface area (Å²) in [7, 11) is 3.04. The summed E-state index contributed by atoms with van der Waals surface area (Å²) in [6, 6.07) is 2.15. The van der Waals surface area contributed by atoms with E-state index < -0.39 is 12.0 Å². The average Bonchev–Trinajstić information content (AvgIpc) is 2.24. The van der Waals surface area contributed by atoms with Gasteiger partial charge in [0.25, 0.3) is 0 Å². The van der Waals surface area contributed by atoms with Crippen LogP contribution in [0.15, 0.2) is 12.1 Å². The molecule has 0 saturated heterocycles. The topological polar surface area (TPSA) is 69.6 Å². The highest BCUT2D eigenvalue weighted by atomic mass is 35.5. The van der Waals surface area contributed by atoms with E-state index in [4.69, 9.17) is 28.3 Å². The van der Waals surface area contributed by atoms with Gasteiger partial charge >= 0.3 is 12.0 Å². The highest BCUT2D eigenvalue weighted by Crippen LogP contribution is 2.33. The zero-order chi connectivity index (χ0) is 13.2. The molecule has 92 valence electrons. The number of carbonyl (C=O) groups excluding carboxylic acids is 1. The van der Waals surface area contributed by atoms with Crippen LogP contribution in [0.4, 0.5) is 10.5 Å². The molecule has 0 atom stereocenters. The molecule has 2 amide bonds. The van der Waals surface area contributed by atoms with Crippen molar-refractivity contribution >= 4 is 40.9 Å². The number of rotatable bonds is 2. The maximum absolute atomic E-state index is 11.5. The maximum Gasteiger partial charge on any atom is 0.337 e. The second-order valence-electron chi connectivity index (χ2n) is 3.41. The number of aromatic carboxylic acids is 1. The first-order valence-corrected chi connectivity index (χ1v) is 5.29. The first kappa shape index (κ1) is 13.6. The van der Waals surface area contributed by atoms with Crippen LogP contribution >= 0.6 is 23.2 Å². The lowest BCUT2D eigenvalue weighted by Crippen LogP contribution is -2.28. The van der Waals surface area contributed by atoms with Gasteiger partial charge in [-0.25, -0.2) is 9.59 Å². The molecule has 0 bridgehead atoms. The zero-order valence-corrected chi connectivity index (χ0v) is 10.6. The number of carbonyl (C=O) groups is 2. The summed E-state index contributed by atoms with van der Waals surface area (Å²) >= 11 is 11.6. The van der Waals surface area contributed by atoms with E-state index in [1.54, 1.807) is 0 Å². The van der Waals surface area contributed by atoms with Gasteiger partial charge in [-0.1, -0.05) is 23.2 Å². The summed E-state index contributed by atoms with van der Waals surface area (Å²) in [6.45, 7) is 0. The summed E-state index contributed by atoms with van der Waals surface area (Å²) in [5, 5.41) is 11.5.